The van der Waals surface area contributed by atoms with Crippen LogP contribution in [0.3, 0.4) is 0 Å². The SMILES string of the molecule is CON=C(Cl)C(=O)c1ccccc1. The Balaban J connectivity index is 2.86. The fourth-order valence-electron chi connectivity index (χ4n) is 0.830. The Kier molecular flexibility index (Phi) is 3.46. The summed E-state index contributed by atoms with van der Waals surface area (Å²) in [4.78, 5) is 15.8. The molecule has 0 saturated heterocycles. The van der Waals surface area contributed by atoms with Crippen molar-refractivity contribution in [1.82, 2.24) is 0 Å². The van der Waals surface area contributed by atoms with Gasteiger partial charge in [-0.1, -0.05) is 47.1 Å². The molecule has 1 aromatic rings. The summed E-state index contributed by atoms with van der Waals surface area (Å²) < 4.78 is 0. The molecule has 13 heavy (non-hydrogen) atoms. The van der Waals surface area contributed by atoms with Crippen LogP contribution in [0.5, 0.6) is 0 Å². The van der Waals surface area contributed by atoms with E-state index in [4.69, 9.17) is 11.6 Å². The van der Waals surface area contributed by atoms with Crippen LogP contribution in [-0.2, 0) is 4.84 Å². The summed E-state index contributed by atoms with van der Waals surface area (Å²) in [5.41, 5.74) is 0.494. The van der Waals surface area contributed by atoms with Crippen LogP contribution in [0.15, 0.2) is 35.5 Å². The van der Waals surface area contributed by atoms with Gasteiger partial charge in [-0.3, -0.25) is 4.79 Å². The molecule has 0 heterocycles. The van der Waals surface area contributed by atoms with Crippen molar-refractivity contribution in [1.29, 1.82) is 0 Å². The Morgan fingerprint density at radius 3 is 2.54 bits per heavy atom. The van der Waals surface area contributed by atoms with E-state index in [1.54, 1.807) is 24.3 Å². The van der Waals surface area contributed by atoms with E-state index in [1.165, 1.54) is 7.11 Å². The van der Waals surface area contributed by atoms with E-state index < -0.39 is 0 Å². The number of nitrogens with zero attached hydrogens (tertiary/aromatic N) is 1. The molecule has 0 unspecified atom stereocenters. The number of ketones is 1. The van der Waals surface area contributed by atoms with Crippen molar-refractivity contribution in [2.45, 2.75) is 0 Å². The third-order valence-electron chi connectivity index (χ3n) is 1.39. The molecule has 68 valence electrons. The number of hydrogen-bond donors (Lipinski definition) is 0. The quantitative estimate of drug-likeness (QED) is 0.423. The number of Topliss-reactive ketones (excluding diaryl/α,β-unsaturated/α-hetero) is 1. The Bertz CT molecular complexity index is 322. The lowest BCUT2D eigenvalue weighted by Crippen LogP contribution is -2.07. The van der Waals surface area contributed by atoms with Gasteiger partial charge in [-0.25, -0.2) is 0 Å². The van der Waals surface area contributed by atoms with Gasteiger partial charge in [-0.2, -0.15) is 0 Å². The zero-order valence-corrected chi connectivity index (χ0v) is 7.78. The van der Waals surface area contributed by atoms with Gasteiger partial charge in [-0.15, -0.1) is 0 Å². The second kappa shape index (κ2) is 4.62. The lowest BCUT2D eigenvalue weighted by Gasteiger charge is -1.96. The normalized spacial score (nSPS) is 11.1. The van der Waals surface area contributed by atoms with Crippen LogP contribution in [0, 0.1) is 0 Å². The van der Waals surface area contributed by atoms with Gasteiger partial charge >= 0.3 is 0 Å². The van der Waals surface area contributed by atoms with E-state index in [0.717, 1.165) is 0 Å². The van der Waals surface area contributed by atoms with Gasteiger partial charge in [0, 0.05) is 5.56 Å². The number of rotatable bonds is 3. The van der Waals surface area contributed by atoms with E-state index in [9.17, 15) is 4.79 Å². The van der Waals surface area contributed by atoms with Crippen molar-refractivity contribution in [3.05, 3.63) is 35.9 Å². The fraction of sp³-hybridized carbons (Fsp3) is 0.111. The van der Waals surface area contributed by atoms with Crippen molar-refractivity contribution in [3.63, 3.8) is 0 Å². The van der Waals surface area contributed by atoms with Crippen LogP contribution >= 0.6 is 11.6 Å². The van der Waals surface area contributed by atoms with Crippen LogP contribution < -0.4 is 0 Å². The zero-order chi connectivity index (χ0) is 9.68. The number of carbonyl (C=O) groups is 1. The summed E-state index contributed by atoms with van der Waals surface area (Å²) in [6.45, 7) is 0. The molecule has 0 N–H and O–H groups in total. The molecule has 3 nitrogen and oxygen atoms in total. The predicted octanol–water partition coefficient (Wildman–Crippen LogP) is 2.07. The van der Waals surface area contributed by atoms with Crippen LogP contribution in [0.1, 0.15) is 10.4 Å². The largest absolute Gasteiger partial charge is 0.398 e. The molecule has 0 amide bonds. The number of benzene rings is 1. The van der Waals surface area contributed by atoms with Gasteiger partial charge in [0.05, 0.1) is 0 Å². The molecule has 0 bridgehead atoms. The molecule has 0 aliphatic carbocycles. The van der Waals surface area contributed by atoms with Crippen LogP contribution in [0.2, 0.25) is 0 Å². The standard InChI is InChI=1S/C9H8ClNO2/c1-13-11-9(10)8(12)7-5-3-2-4-6-7/h2-6H,1H3. The first-order chi connectivity index (χ1) is 6.25. The van der Waals surface area contributed by atoms with Gasteiger partial charge in [0.15, 0.2) is 0 Å². The van der Waals surface area contributed by atoms with Gasteiger partial charge in [0.25, 0.3) is 0 Å². The van der Waals surface area contributed by atoms with Gasteiger partial charge in [0.2, 0.25) is 11.0 Å². The van der Waals surface area contributed by atoms with E-state index in [-0.39, 0.29) is 11.0 Å². The second-order valence-corrected chi connectivity index (χ2v) is 2.62. The molecular weight excluding hydrogens is 190 g/mol. The molecule has 0 radical (unpaired) electrons. The summed E-state index contributed by atoms with van der Waals surface area (Å²) in [6.07, 6.45) is 0. The highest BCUT2D eigenvalue weighted by Crippen LogP contribution is 2.03. The van der Waals surface area contributed by atoms with Gasteiger partial charge < -0.3 is 4.84 Å². The maximum Gasteiger partial charge on any atom is 0.226 e. The van der Waals surface area contributed by atoms with Crippen LogP contribution in [-0.4, -0.2) is 18.1 Å². The molecule has 1 aromatic carbocycles. The van der Waals surface area contributed by atoms with E-state index >= 15 is 0 Å². The highest BCUT2D eigenvalue weighted by atomic mass is 35.5. The van der Waals surface area contributed by atoms with E-state index in [2.05, 4.69) is 9.99 Å². The summed E-state index contributed by atoms with van der Waals surface area (Å²) >= 11 is 5.54. The minimum atomic E-state index is -0.343. The Labute approximate surface area is 81.0 Å². The second-order valence-electron chi connectivity index (χ2n) is 2.26. The average Bonchev–Trinajstić information content (AvgIpc) is 2.18. The lowest BCUT2D eigenvalue weighted by molar-refractivity contribution is 0.106. The van der Waals surface area contributed by atoms with Crippen molar-refractivity contribution in [2.24, 2.45) is 5.16 Å². The molecule has 0 aromatic heterocycles. The average molecular weight is 198 g/mol. The van der Waals surface area contributed by atoms with Gasteiger partial charge in [-0.05, 0) is 0 Å². The number of oxime groups is 1. The topological polar surface area (TPSA) is 38.7 Å². The van der Waals surface area contributed by atoms with Crippen LogP contribution in [0.25, 0.3) is 0 Å². The highest BCUT2D eigenvalue weighted by molar-refractivity contribution is 6.84. The fourth-order valence-corrected chi connectivity index (χ4v) is 1.01. The Hall–Kier alpha value is -1.35. The maximum atomic E-state index is 11.4. The first-order valence-corrected chi connectivity index (χ1v) is 4.00. The summed E-state index contributed by atoms with van der Waals surface area (Å²) in [7, 11) is 1.33. The highest BCUT2D eigenvalue weighted by Gasteiger charge is 2.10. The molecule has 0 atom stereocenters. The third-order valence-corrected chi connectivity index (χ3v) is 1.64. The van der Waals surface area contributed by atoms with E-state index in [0.29, 0.717) is 5.56 Å². The first kappa shape index (κ1) is 9.74. The Morgan fingerprint density at radius 1 is 1.38 bits per heavy atom. The van der Waals surface area contributed by atoms with Crippen molar-refractivity contribution >= 4 is 22.6 Å². The molecule has 0 fully saturated rings. The first-order valence-electron chi connectivity index (χ1n) is 3.62. The minimum Gasteiger partial charge on any atom is -0.398 e. The molecule has 0 aliphatic rings. The maximum absolute atomic E-state index is 11.4. The molecule has 4 heteroatoms. The lowest BCUT2D eigenvalue weighted by atomic mass is 10.1. The molecule has 0 spiro atoms. The predicted molar refractivity (Wildman–Crippen MR) is 51.1 cm³/mol. The van der Waals surface area contributed by atoms with Crippen molar-refractivity contribution in [2.75, 3.05) is 7.11 Å². The number of carbonyl (C=O) groups excluding carboxylic acids is 1. The summed E-state index contributed by atoms with van der Waals surface area (Å²) in [5, 5.41) is 3.16. The number of hydrogen-bond acceptors (Lipinski definition) is 3. The zero-order valence-electron chi connectivity index (χ0n) is 7.03. The molecule has 1 rings (SSSR count). The monoisotopic (exact) mass is 197 g/mol. The Morgan fingerprint density at radius 2 is 2.00 bits per heavy atom. The van der Waals surface area contributed by atoms with Crippen LogP contribution in [0.4, 0.5) is 0 Å². The van der Waals surface area contributed by atoms with Crippen molar-refractivity contribution in [3.8, 4) is 0 Å². The minimum absolute atomic E-state index is 0.172. The van der Waals surface area contributed by atoms with Gasteiger partial charge in [0.1, 0.15) is 7.11 Å². The molecular formula is C9H8ClNO2. The summed E-state index contributed by atoms with van der Waals surface area (Å²) in [6, 6.07) is 8.65. The smallest absolute Gasteiger partial charge is 0.226 e. The van der Waals surface area contributed by atoms with E-state index in [1.807, 2.05) is 6.07 Å². The molecule has 0 saturated carbocycles. The third kappa shape index (κ3) is 2.56. The summed E-state index contributed by atoms with van der Waals surface area (Å²) in [5.74, 6) is -0.343. The number of halogens is 1. The van der Waals surface area contributed by atoms with Crippen molar-refractivity contribution < 1.29 is 9.63 Å². The molecule has 0 aliphatic heterocycles.